The summed E-state index contributed by atoms with van der Waals surface area (Å²) in [7, 11) is -0.609. The molecule has 2 fully saturated rings. The first-order chi connectivity index (χ1) is 67.3. The van der Waals surface area contributed by atoms with Crippen molar-refractivity contribution in [1.29, 1.82) is 0 Å². The van der Waals surface area contributed by atoms with E-state index in [2.05, 4.69) is 86.6 Å². The van der Waals surface area contributed by atoms with E-state index in [0.717, 1.165) is 205 Å². The molecule has 3 N–H and O–H groups in total. The van der Waals surface area contributed by atoms with Crippen LogP contribution in [0.25, 0.3) is 0 Å². The second kappa shape index (κ2) is 82.9. The minimum absolute atomic E-state index is 0. The van der Waals surface area contributed by atoms with E-state index in [0.29, 0.717) is 31.6 Å². The molecule has 0 bridgehead atoms. The van der Waals surface area contributed by atoms with Gasteiger partial charge in [0.25, 0.3) is 0 Å². The van der Waals surface area contributed by atoms with Crippen LogP contribution in [-0.4, -0.2) is 151 Å². The Bertz CT molecular complexity index is 4370. The predicted molar refractivity (Wildman–Crippen MR) is 581 cm³/mol. The summed E-state index contributed by atoms with van der Waals surface area (Å²) in [6.45, 7) is 22.8. The van der Waals surface area contributed by atoms with Gasteiger partial charge in [-0.2, -0.15) is 0 Å². The van der Waals surface area contributed by atoms with Crippen molar-refractivity contribution in [3.8, 4) is 0 Å². The van der Waals surface area contributed by atoms with Crippen LogP contribution < -0.4 is 75.4 Å². The number of aliphatic hydroxyl groups is 2. The molecule has 14 rings (SSSR count). The smallest absolute Gasteiger partial charge is 1.00 e. The van der Waals surface area contributed by atoms with Crippen LogP contribution in [0.4, 0.5) is 0 Å². The first-order valence-electron chi connectivity index (χ1n) is 54.4. The topological polar surface area (TPSA) is 283 Å². The number of Topliss-reactive ketones (excluding diaryl/α,β-unsaturated/α-hetero) is 1. The maximum atomic E-state index is 11.9. The first-order valence-corrected chi connectivity index (χ1v) is 56.1. The van der Waals surface area contributed by atoms with Gasteiger partial charge in [-0.25, -0.2) is 0 Å². The fourth-order valence-electron chi connectivity index (χ4n) is 18.0. The molecule has 0 aromatic carbocycles. The number of pyridine rings is 6. The number of carboxylic acid groups (broad SMARTS) is 1. The Kier molecular flexibility index (Phi) is 77.7. The van der Waals surface area contributed by atoms with Crippen LogP contribution in [0.2, 0.25) is 0 Å². The van der Waals surface area contributed by atoms with Crippen LogP contribution in [0.1, 0.15) is 416 Å². The van der Waals surface area contributed by atoms with Gasteiger partial charge >= 0.3 is 83.8 Å². The van der Waals surface area contributed by atoms with Gasteiger partial charge in [0.05, 0.1) is 12.2 Å². The number of hydrogen-bond donors (Lipinski definition) is 3. The third-order valence-corrected chi connectivity index (χ3v) is 27.5. The van der Waals surface area contributed by atoms with Crippen LogP contribution >= 0.6 is 7.60 Å². The minimum atomic E-state index is -3.22. The van der Waals surface area contributed by atoms with Crippen molar-refractivity contribution >= 4 is 48.3 Å². The first kappa shape index (κ1) is 133. The standard InChI is InChI=1S/C19H29NO2.C17H26NO4P.2C17H25NO.2C17H23NO.2C4H8O.C4H9O.C3H8.Al.K.Li.4H/c1-15(14-19(21)22)8-4-2-3-5-10-17-13-12-16-9-6-7-11-18(16)20-17;1-21-23(20,22-2)13-16(19)9-5-4-8-15-12-11-14-7-3-6-10-17(14)18-15;4*1-2-7-16(19)10-5-4-9-15-13-12-14-8-3-6-11-17(14)18-15;2*1-2-4-5-3-1;1-4(2,3)5;1-3-2;;;;;;;/h12-13,15H,2-11,14H2,1H3,(H,21,22);11-12H,3-10,13H2,1-2H3;2*2,7,12-13,16,19H,3-6,8-11H2,1H3;2*2,7,12-13H,3-6,8-11H2,1H3;2*1-4H2;1-3H3;3H2,1-2H3;;;;;;;/q;;;;;;;;-1;;;2*+1;;;;-1/b;;4*7-2+;;;;;;;;;;;. The molecular weight excluding hydrogens is 1830 g/mol. The number of carbonyl (C=O) groups is 4. The molecule has 2 aliphatic heterocycles. The largest absolute Gasteiger partial charge is 1.00 e. The van der Waals surface area contributed by atoms with E-state index in [1.54, 1.807) is 32.9 Å². The van der Waals surface area contributed by atoms with E-state index in [-0.39, 0.29) is 125 Å². The van der Waals surface area contributed by atoms with Crippen molar-refractivity contribution in [2.75, 3.05) is 46.8 Å². The molecule has 6 aliphatic carbocycles. The van der Waals surface area contributed by atoms with Crippen LogP contribution in [0.15, 0.2) is 121 Å². The number of aliphatic carboxylic acids is 1. The molecule has 0 amide bonds. The minimum Gasteiger partial charge on any atom is -1.00 e. The number of fused-ring (bicyclic) bond motifs is 6. The Balaban J connectivity index is 0.000000823. The molecule has 23 heteroatoms. The molecule has 6 aromatic heterocycles. The predicted octanol–water partition coefficient (Wildman–Crippen LogP) is 19.2. The summed E-state index contributed by atoms with van der Waals surface area (Å²) in [5, 5.41) is 38.0. The van der Waals surface area contributed by atoms with Crippen molar-refractivity contribution in [3.63, 3.8) is 0 Å². The van der Waals surface area contributed by atoms with Gasteiger partial charge in [0.15, 0.2) is 28.9 Å². The summed E-state index contributed by atoms with van der Waals surface area (Å²) in [4.78, 5) is 73.8. The molecule has 0 spiro atoms. The Labute approximate surface area is 926 Å². The zero-order valence-corrected chi connectivity index (χ0v) is 94.5. The number of carboxylic acids is 1. The zero-order chi connectivity index (χ0) is 101. The maximum Gasteiger partial charge on any atom is 1.00 e. The molecule has 3 unspecified atom stereocenters. The summed E-state index contributed by atoms with van der Waals surface area (Å²) >= 11 is 0. The van der Waals surface area contributed by atoms with Gasteiger partial charge in [0, 0.05) is 135 Å². The number of allylic oxidation sites excluding steroid dienone is 6. The molecule has 0 radical (unpaired) electrons. The van der Waals surface area contributed by atoms with Crippen LogP contribution in [-0.2, 0) is 158 Å². The Hall–Kier alpha value is -4.94. The summed E-state index contributed by atoms with van der Waals surface area (Å²) in [5.41, 5.74) is 23.0. The Morgan fingerprint density at radius 1 is 0.401 bits per heavy atom. The summed E-state index contributed by atoms with van der Waals surface area (Å²) in [6.07, 6.45) is 75.3. The summed E-state index contributed by atoms with van der Waals surface area (Å²) in [5.74, 6) is 0.0306. The second-order valence-corrected chi connectivity index (χ2v) is 42.0. The van der Waals surface area contributed by atoms with Gasteiger partial charge in [-0.1, -0.05) is 159 Å². The molecule has 8 aliphatic rings. The van der Waals surface area contributed by atoms with Crippen LogP contribution in [0.5, 0.6) is 0 Å². The molecule has 3 atom stereocenters. The molecule has 142 heavy (non-hydrogen) atoms. The van der Waals surface area contributed by atoms with Gasteiger partial charge < -0.3 is 40.4 Å². The third kappa shape index (κ3) is 63.1. The number of ketones is 3. The van der Waals surface area contributed by atoms with E-state index < -0.39 is 19.2 Å². The van der Waals surface area contributed by atoms with Gasteiger partial charge in [0.1, 0.15) is 11.9 Å². The van der Waals surface area contributed by atoms with Gasteiger partial charge in [-0.3, -0.25) is 53.6 Å². The second-order valence-electron chi connectivity index (χ2n) is 39.7. The molecule has 782 valence electrons. The maximum absolute atomic E-state index is 11.9. The van der Waals surface area contributed by atoms with Gasteiger partial charge in [0.2, 0.25) is 0 Å². The normalized spacial score (nSPS) is 15.3. The summed E-state index contributed by atoms with van der Waals surface area (Å²) in [6, 6.07) is 26.5. The quantitative estimate of drug-likeness (QED) is 0.0106. The van der Waals surface area contributed by atoms with E-state index in [1.807, 2.05) is 71.1 Å². The number of rotatable bonds is 42. The molecule has 8 heterocycles. The van der Waals surface area contributed by atoms with Crippen LogP contribution in [0.3, 0.4) is 0 Å². The summed E-state index contributed by atoms with van der Waals surface area (Å²) < 4.78 is 31.3. The average Bonchev–Trinajstić information content (AvgIpc) is 1.57. The van der Waals surface area contributed by atoms with E-state index >= 15 is 0 Å². The average molecular weight is 2010 g/mol. The monoisotopic (exact) mass is 2010 g/mol. The Morgan fingerprint density at radius 3 is 0.880 bits per heavy atom. The number of aromatic nitrogens is 6. The number of ether oxygens (including phenoxy) is 2. The number of unbranched alkanes of at least 4 members (excludes halogenated alkanes) is 8. The number of hydrogen-bond acceptors (Lipinski definition) is 18. The van der Waals surface area contributed by atoms with E-state index in [9.17, 15) is 39.1 Å². The van der Waals surface area contributed by atoms with E-state index in [1.165, 1.54) is 271 Å². The molecule has 6 aromatic rings. The van der Waals surface area contributed by atoms with Crippen LogP contribution in [0, 0.1) is 5.92 Å². The van der Waals surface area contributed by atoms with Crippen molar-refractivity contribution in [1.82, 2.24) is 29.9 Å². The van der Waals surface area contributed by atoms with Gasteiger partial charge in [-0.05, 0) is 404 Å². The SMILES string of the molecule is C/C=C/C(=O)CCCCc1ccc2c(n1)CCCC2.C/C=C/C(=O)CCCCc1ccc2c(n1)CCCC2.C/C=C/C(O)CCCCc1ccc2c(n1)CCCC2.C/C=C/C(O)CCCCc1ccc2c(n1)CCCC2.C1CCOC1.C1CCOC1.CC(C)(C)[O-].CC(CCCCCCc1ccc2c(n1)CCCC2)CC(=O)O.CCC.COP(=O)(CC(=O)CCCCc1ccc2c(n1)CCCC2)OC.[AlH3].[H-].[K+].[Li+]. The fourth-order valence-corrected chi connectivity index (χ4v) is 19.0. The zero-order valence-electron chi connectivity index (χ0n) is 91.5. The Morgan fingerprint density at radius 2 is 0.641 bits per heavy atom. The van der Waals surface area contributed by atoms with E-state index in [4.69, 9.17) is 53.5 Å². The van der Waals surface area contributed by atoms with Crippen molar-refractivity contribution in [2.45, 2.75) is 447 Å². The number of aryl methyl sites for hydroxylation is 18. The van der Waals surface area contributed by atoms with Crippen molar-refractivity contribution < 1.29 is 134 Å². The molecular formula is C119H188AlKLiN6O13P. The fraction of sp³-hybridized carbons (Fsp3) is 0.647. The number of aliphatic hydroxyl groups excluding tert-OH is 2. The molecule has 0 saturated carbocycles. The van der Waals surface area contributed by atoms with Crippen molar-refractivity contribution in [3.05, 3.63) is 223 Å². The third-order valence-electron chi connectivity index (χ3n) is 25.6. The molecule has 2 saturated heterocycles. The van der Waals surface area contributed by atoms with Crippen molar-refractivity contribution in [2.24, 2.45) is 5.92 Å². The number of nitrogens with zero attached hydrogens (tertiary/aromatic N) is 6. The molecule has 19 nitrogen and oxygen atoms in total. The number of carbonyl (C=O) groups excluding carboxylic acids is 3. The van der Waals surface area contributed by atoms with Gasteiger partial charge in [-0.15, -0.1) is 5.60 Å².